The number of furan rings is 1. The number of aryl methyl sites for hydroxylation is 1. The Hall–Kier alpha value is -1.82. The van der Waals surface area contributed by atoms with Crippen LogP contribution in [0.4, 0.5) is 5.13 Å². The van der Waals surface area contributed by atoms with Crippen LogP contribution in [0, 0.1) is 18.3 Å². The molecule has 0 fully saturated rings. The summed E-state index contributed by atoms with van der Waals surface area (Å²) in [5.74, 6) is 0.793. The molecule has 110 valence electrons. The molecule has 2 rings (SSSR count). The van der Waals surface area contributed by atoms with E-state index in [1.165, 1.54) is 23.1 Å². The van der Waals surface area contributed by atoms with Crippen molar-refractivity contribution in [1.82, 2.24) is 4.98 Å². The molecular weight excluding hydrogens is 310 g/mol. The van der Waals surface area contributed by atoms with Crippen LogP contribution >= 0.6 is 23.1 Å². The molecule has 1 amide bonds. The van der Waals surface area contributed by atoms with E-state index in [1.54, 1.807) is 19.2 Å². The number of methoxy groups -OCH3 is 1. The van der Waals surface area contributed by atoms with E-state index in [4.69, 9.17) is 14.4 Å². The van der Waals surface area contributed by atoms with E-state index in [-0.39, 0.29) is 11.7 Å². The van der Waals surface area contributed by atoms with Crippen LogP contribution in [0.15, 0.2) is 20.8 Å². The van der Waals surface area contributed by atoms with Crippen molar-refractivity contribution in [3.05, 3.63) is 29.3 Å². The van der Waals surface area contributed by atoms with Crippen molar-refractivity contribution in [2.45, 2.75) is 17.7 Å². The molecular formula is C13H13N3O3S2. The van der Waals surface area contributed by atoms with Crippen molar-refractivity contribution in [3.8, 4) is 6.07 Å². The van der Waals surface area contributed by atoms with Gasteiger partial charge in [-0.2, -0.15) is 5.26 Å². The topological polar surface area (TPSA) is 88.1 Å². The summed E-state index contributed by atoms with van der Waals surface area (Å²) in [5, 5.41) is 11.8. The number of aromatic nitrogens is 1. The van der Waals surface area contributed by atoms with Gasteiger partial charge in [-0.05, 0) is 19.1 Å². The van der Waals surface area contributed by atoms with Crippen LogP contribution in [0.25, 0.3) is 0 Å². The van der Waals surface area contributed by atoms with Gasteiger partial charge in [-0.15, -0.1) is 0 Å². The third-order valence-electron chi connectivity index (χ3n) is 2.41. The van der Waals surface area contributed by atoms with Gasteiger partial charge in [-0.3, -0.25) is 10.1 Å². The molecule has 2 heterocycles. The van der Waals surface area contributed by atoms with Crippen LogP contribution in [-0.2, 0) is 11.3 Å². The van der Waals surface area contributed by atoms with E-state index >= 15 is 0 Å². The standard InChI is InChI=1S/C13H13N3O3S2/c1-8-12(20-6-5-14)21-13(15-8)16-11(17)10-4-3-9(19-10)7-18-2/h3-4H,6-7H2,1-2H3,(H,15,16,17). The van der Waals surface area contributed by atoms with Gasteiger partial charge in [0.25, 0.3) is 5.91 Å². The molecule has 0 bridgehead atoms. The van der Waals surface area contributed by atoms with Gasteiger partial charge in [0.2, 0.25) is 0 Å². The molecule has 0 unspecified atom stereocenters. The van der Waals surface area contributed by atoms with Gasteiger partial charge in [-0.25, -0.2) is 4.98 Å². The summed E-state index contributed by atoms with van der Waals surface area (Å²) in [6.07, 6.45) is 0. The number of nitrogens with one attached hydrogen (secondary N) is 1. The molecule has 2 aromatic heterocycles. The van der Waals surface area contributed by atoms with Crippen molar-refractivity contribution in [3.63, 3.8) is 0 Å². The number of thioether (sulfide) groups is 1. The molecule has 0 spiro atoms. The van der Waals surface area contributed by atoms with Crippen LogP contribution in [0.3, 0.4) is 0 Å². The van der Waals surface area contributed by atoms with E-state index in [0.29, 0.717) is 23.3 Å². The van der Waals surface area contributed by atoms with E-state index < -0.39 is 0 Å². The summed E-state index contributed by atoms with van der Waals surface area (Å²) in [7, 11) is 1.56. The maximum Gasteiger partial charge on any atom is 0.293 e. The fourth-order valence-electron chi connectivity index (χ4n) is 1.55. The molecule has 0 saturated carbocycles. The summed E-state index contributed by atoms with van der Waals surface area (Å²) >= 11 is 2.75. The quantitative estimate of drug-likeness (QED) is 0.822. The first kappa shape index (κ1) is 15.6. The lowest BCUT2D eigenvalue weighted by Crippen LogP contribution is -2.10. The number of anilines is 1. The fraction of sp³-hybridized carbons (Fsp3) is 0.308. The zero-order chi connectivity index (χ0) is 15.2. The van der Waals surface area contributed by atoms with Gasteiger partial charge in [0.15, 0.2) is 10.9 Å². The van der Waals surface area contributed by atoms with Crippen LogP contribution in [0.1, 0.15) is 22.0 Å². The molecule has 1 N–H and O–H groups in total. The lowest BCUT2D eigenvalue weighted by Gasteiger charge is -1.98. The predicted molar refractivity (Wildman–Crippen MR) is 80.6 cm³/mol. The maximum absolute atomic E-state index is 12.0. The summed E-state index contributed by atoms with van der Waals surface area (Å²) in [6, 6.07) is 5.35. The van der Waals surface area contributed by atoms with Gasteiger partial charge >= 0.3 is 0 Å². The molecule has 21 heavy (non-hydrogen) atoms. The summed E-state index contributed by atoms with van der Waals surface area (Å²) < 4.78 is 11.2. The van der Waals surface area contributed by atoms with E-state index in [1.807, 2.05) is 6.92 Å². The zero-order valence-electron chi connectivity index (χ0n) is 11.5. The molecule has 6 nitrogen and oxygen atoms in total. The Morgan fingerprint density at radius 1 is 1.62 bits per heavy atom. The van der Waals surface area contributed by atoms with Crippen molar-refractivity contribution in [1.29, 1.82) is 5.26 Å². The SMILES string of the molecule is COCc1ccc(C(=O)Nc2nc(C)c(SCC#N)s2)o1. The second kappa shape index (κ2) is 7.26. The third-order valence-corrected chi connectivity index (χ3v) is 4.72. The highest BCUT2D eigenvalue weighted by atomic mass is 32.2. The van der Waals surface area contributed by atoms with E-state index in [9.17, 15) is 4.79 Å². The van der Waals surface area contributed by atoms with Crippen LogP contribution in [-0.4, -0.2) is 23.8 Å². The fourth-order valence-corrected chi connectivity index (χ4v) is 3.34. The Labute approximate surface area is 130 Å². The summed E-state index contributed by atoms with van der Waals surface area (Å²) in [6.45, 7) is 2.16. The number of nitrogens with zero attached hydrogens (tertiary/aromatic N) is 2. The molecule has 8 heteroatoms. The van der Waals surface area contributed by atoms with Gasteiger partial charge in [0.05, 0.1) is 21.7 Å². The Kier molecular flexibility index (Phi) is 5.38. The molecule has 0 aliphatic carbocycles. The van der Waals surface area contributed by atoms with Crippen molar-refractivity contribution >= 4 is 34.1 Å². The van der Waals surface area contributed by atoms with Gasteiger partial charge in [-0.1, -0.05) is 23.1 Å². The number of thiazole rings is 1. The van der Waals surface area contributed by atoms with Crippen LogP contribution in [0.2, 0.25) is 0 Å². The number of rotatable bonds is 6. The molecule has 0 aliphatic rings. The van der Waals surface area contributed by atoms with Crippen LogP contribution < -0.4 is 5.32 Å². The highest BCUT2D eigenvalue weighted by Gasteiger charge is 2.15. The Morgan fingerprint density at radius 2 is 2.43 bits per heavy atom. The monoisotopic (exact) mass is 323 g/mol. The lowest BCUT2D eigenvalue weighted by atomic mass is 10.4. The zero-order valence-corrected chi connectivity index (χ0v) is 13.1. The minimum atomic E-state index is -0.358. The van der Waals surface area contributed by atoms with Crippen LogP contribution in [0.5, 0.6) is 0 Å². The Bertz CT molecular complexity index is 672. The molecule has 2 aromatic rings. The van der Waals surface area contributed by atoms with Crippen molar-refractivity contribution in [2.24, 2.45) is 0 Å². The smallest absolute Gasteiger partial charge is 0.293 e. The molecule has 0 saturated heterocycles. The van der Waals surface area contributed by atoms with Gasteiger partial charge < -0.3 is 9.15 Å². The van der Waals surface area contributed by atoms with Crippen molar-refractivity contribution < 1.29 is 13.9 Å². The first-order chi connectivity index (χ1) is 10.1. The number of carbonyl (C=O) groups is 1. The number of nitriles is 1. The average Bonchev–Trinajstić information content (AvgIpc) is 3.04. The largest absolute Gasteiger partial charge is 0.453 e. The molecule has 0 atom stereocenters. The summed E-state index contributed by atoms with van der Waals surface area (Å²) in [4.78, 5) is 16.3. The molecule has 0 aromatic carbocycles. The van der Waals surface area contributed by atoms with E-state index in [0.717, 1.165) is 9.90 Å². The average molecular weight is 323 g/mol. The normalized spacial score (nSPS) is 10.3. The number of hydrogen-bond acceptors (Lipinski definition) is 7. The maximum atomic E-state index is 12.0. The van der Waals surface area contributed by atoms with Gasteiger partial charge in [0, 0.05) is 7.11 Å². The number of hydrogen-bond donors (Lipinski definition) is 1. The Morgan fingerprint density at radius 3 is 3.14 bits per heavy atom. The number of carbonyl (C=O) groups excluding carboxylic acids is 1. The second-order valence-electron chi connectivity index (χ2n) is 3.99. The van der Waals surface area contributed by atoms with Gasteiger partial charge in [0.1, 0.15) is 12.4 Å². The van der Waals surface area contributed by atoms with E-state index in [2.05, 4.69) is 16.4 Å². The second-order valence-corrected chi connectivity index (χ2v) is 6.23. The van der Waals surface area contributed by atoms with Crippen molar-refractivity contribution in [2.75, 3.05) is 18.2 Å². The first-order valence-corrected chi connectivity index (χ1v) is 7.80. The predicted octanol–water partition coefficient (Wildman–Crippen LogP) is 3.06. The first-order valence-electron chi connectivity index (χ1n) is 6.00. The molecule has 0 radical (unpaired) electrons. The lowest BCUT2D eigenvalue weighted by molar-refractivity contribution is 0.0987. The minimum absolute atomic E-state index is 0.209. The highest BCUT2D eigenvalue weighted by Crippen LogP contribution is 2.32. The third kappa shape index (κ3) is 4.07. The Balaban J connectivity index is 2.03. The number of ether oxygens (including phenoxy) is 1. The minimum Gasteiger partial charge on any atom is -0.453 e. The highest BCUT2D eigenvalue weighted by molar-refractivity contribution is 8.01. The number of amides is 1. The molecule has 0 aliphatic heterocycles. The summed E-state index contributed by atoms with van der Waals surface area (Å²) in [5.41, 5.74) is 0.801.